The number of benzene rings is 2. The second-order valence-electron chi connectivity index (χ2n) is 8.99. The van der Waals surface area contributed by atoms with Crippen molar-refractivity contribution < 1.29 is 41.0 Å². The molecular weight excluding hydrogens is 501 g/mol. The molecular formula is C24H29F3N2O6S. The molecule has 2 aromatic rings. The number of para-hydroxylation sites is 1. The van der Waals surface area contributed by atoms with Crippen LogP contribution in [0.4, 0.5) is 13.2 Å². The summed E-state index contributed by atoms with van der Waals surface area (Å²) in [5, 5.41) is 7.12. The minimum Gasteiger partial charge on any atom is -0.497 e. The highest BCUT2D eigenvalue weighted by molar-refractivity contribution is 7.89. The predicted octanol–water partition coefficient (Wildman–Crippen LogP) is 3.76. The molecule has 198 valence electrons. The van der Waals surface area contributed by atoms with Gasteiger partial charge in [-0.25, -0.2) is 13.2 Å². The van der Waals surface area contributed by atoms with Gasteiger partial charge >= 0.3 is 12.1 Å². The van der Waals surface area contributed by atoms with Crippen molar-refractivity contribution in [1.82, 2.24) is 9.21 Å². The molecule has 2 aliphatic rings. The Hall–Kier alpha value is -2.83. The molecule has 8 nitrogen and oxygen atoms in total. The largest absolute Gasteiger partial charge is 0.497 e. The molecule has 0 aliphatic carbocycles. The van der Waals surface area contributed by atoms with Crippen molar-refractivity contribution in [3.05, 3.63) is 54.1 Å². The highest BCUT2D eigenvalue weighted by Gasteiger charge is 2.48. The Kier molecular flexibility index (Phi) is 8.21. The zero-order chi connectivity index (χ0) is 26.7. The number of methoxy groups -OCH3 is 1. The zero-order valence-electron chi connectivity index (χ0n) is 20.2. The first-order valence-corrected chi connectivity index (χ1v) is 12.7. The number of ether oxygens (including phenoxy) is 2. The van der Waals surface area contributed by atoms with Crippen LogP contribution in [0, 0.1) is 0 Å². The summed E-state index contributed by atoms with van der Waals surface area (Å²) in [5.41, 5.74) is 0.654. The van der Waals surface area contributed by atoms with E-state index >= 15 is 0 Å². The number of carbonyl (C=O) groups is 1. The SMILES string of the molecule is COc1ccc(CN2CCC3(C2)CN(C(C)C)S(=O)(=O)c2ccccc2O3)cc1.O=C(O)C(F)(F)F. The van der Waals surface area contributed by atoms with Gasteiger partial charge in [-0.05, 0) is 43.7 Å². The van der Waals surface area contributed by atoms with Crippen molar-refractivity contribution in [2.45, 2.75) is 49.5 Å². The number of carboxylic acids is 1. The minimum atomic E-state index is -5.08. The van der Waals surface area contributed by atoms with E-state index in [-0.39, 0.29) is 10.9 Å². The normalized spacial score (nSPS) is 21.8. The van der Waals surface area contributed by atoms with E-state index in [2.05, 4.69) is 17.0 Å². The standard InChI is InChI=1S/C22H28N2O4S.C2HF3O2/c1-17(2)24-16-22(28-20-6-4-5-7-21(20)29(24,25)26)12-13-23(15-22)14-18-8-10-19(27-3)11-9-18;3-2(4,5)1(6)7/h4-11,17H,12-16H2,1-3H3;(H,6,7). The molecule has 2 aliphatic heterocycles. The number of nitrogens with zero attached hydrogens (tertiary/aromatic N) is 2. The molecule has 2 heterocycles. The molecule has 4 rings (SSSR count). The van der Waals surface area contributed by atoms with Crippen LogP contribution in [0.5, 0.6) is 11.5 Å². The fourth-order valence-electron chi connectivity index (χ4n) is 4.23. The van der Waals surface area contributed by atoms with E-state index in [0.29, 0.717) is 18.8 Å². The Balaban J connectivity index is 0.000000454. The van der Waals surface area contributed by atoms with Gasteiger partial charge in [-0.2, -0.15) is 17.5 Å². The van der Waals surface area contributed by atoms with E-state index in [1.165, 1.54) is 5.56 Å². The van der Waals surface area contributed by atoms with Crippen molar-refractivity contribution in [3.63, 3.8) is 0 Å². The van der Waals surface area contributed by atoms with Gasteiger partial charge < -0.3 is 14.6 Å². The lowest BCUT2D eigenvalue weighted by Crippen LogP contribution is -2.51. The summed E-state index contributed by atoms with van der Waals surface area (Å²) in [4.78, 5) is 11.5. The molecule has 0 aromatic heterocycles. The van der Waals surface area contributed by atoms with Gasteiger partial charge in [0.25, 0.3) is 0 Å². The van der Waals surface area contributed by atoms with Gasteiger partial charge in [0.15, 0.2) is 0 Å². The molecule has 12 heteroatoms. The van der Waals surface area contributed by atoms with Gasteiger partial charge in [-0.1, -0.05) is 24.3 Å². The van der Waals surface area contributed by atoms with Gasteiger partial charge in [0, 0.05) is 32.1 Å². The van der Waals surface area contributed by atoms with E-state index in [4.69, 9.17) is 19.4 Å². The molecule has 0 bridgehead atoms. The highest BCUT2D eigenvalue weighted by Crippen LogP contribution is 2.39. The number of carboxylic acid groups (broad SMARTS) is 1. The van der Waals surface area contributed by atoms with E-state index < -0.39 is 27.8 Å². The van der Waals surface area contributed by atoms with Gasteiger partial charge in [-0.15, -0.1) is 0 Å². The number of sulfonamides is 1. The van der Waals surface area contributed by atoms with Gasteiger partial charge in [0.2, 0.25) is 10.0 Å². The average Bonchev–Trinajstić information content (AvgIpc) is 3.15. The summed E-state index contributed by atoms with van der Waals surface area (Å²) in [6.07, 6.45) is -4.30. The molecule has 0 radical (unpaired) electrons. The first-order valence-electron chi connectivity index (χ1n) is 11.2. The van der Waals surface area contributed by atoms with Crippen LogP contribution in [0.2, 0.25) is 0 Å². The molecule has 0 saturated carbocycles. The second kappa shape index (κ2) is 10.7. The van der Waals surface area contributed by atoms with Gasteiger partial charge in [0.05, 0.1) is 13.7 Å². The van der Waals surface area contributed by atoms with E-state index in [1.807, 2.05) is 32.0 Å². The fraction of sp³-hybridized carbons (Fsp3) is 0.458. The number of hydrogen-bond acceptors (Lipinski definition) is 6. The Bertz CT molecular complexity index is 1170. The predicted molar refractivity (Wildman–Crippen MR) is 125 cm³/mol. The first kappa shape index (κ1) is 27.8. The van der Waals surface area contributed by atoms with Crippen molar-refractivity contribution in [1.29, 1.82) is 0 Å². The monoisotopic (exact) mass is 530 g/mol. The molecule has 1 N–H and O–H groups in total. The summed E-state index contributed by atoms with van der Waals surface area (Å²) < 4.78 is 71.5. The van der Waals surface area contributed by atoms with Crippen LogP contribution in [0.3, 0.4) is 0 Å². The number of rotatable bonds is 4. The molecule has 36 heavy (non-hydrogen) atoms. The van der Waals surface area contributed by atoms with Crippen LogP contribution in [-0.4, -0.2) is 73.3 Å². The maximum atomic E-state index is 13.3. The summed E-state index contributed by atoms with van der Waals surface area (Å²) in [5.74, 6) is -1.46. The summed E-state index contributed by atoms with van der Waals surface area (Å²) >= 11 is 0. The molecule has 1 atom stereocenters. The van der Waals surface area contributed by atoms with Crippen molar-refractivity contribution in [2.75, 3.05) is 26.7 Å². The maximum absolute atomic E-state index is 13.3. The van der Waals surface area contributed by atoms with Gasteiger partial charge in [-0.3, -0.25) is 4.90 Å². The lowest BCUT2D eigenvalue weighted by atomic mass is 10.0. The van der Waals surface area contributed by atoms with Crippen molar-refractivity contribution in [3.8, 4) is 11.5 Å². The number of likely N-dealkylation sites (tertiary alicyclic amines) is 1. The second-order valence-corrected chi connectivity index (χ2v) is 10.8. The van der Waals surface area contributed by atoms with Crippen LogP contribution in [-0.2, 0) is 21.4 Å². The number of hydrogen-bond donors (Lipinski definition) is 1. The number of aliphatic carboxylic acids is 1. The highest BCUT2D eigenvalue weighted by atomic mass is 32.2. The zero-order valence-corrected chi connectivity index (χ0v) is 21.0. The quantitative estimate of drug-likeness (QED) is 0.643. The number of halogens is 3. The Morgan fingerprint density at radius 2 is 1.75 bits per heavy atom. The van der Waals surface area contributed by atoms with Crippen molar-refractivity contribution >= 4 is 16.0 Å². The molecule has 2 aromatic carbocycles. The first-order chi connectivity index (χ1) is 16.8. The number of fused-ring (bicyclic) bond motifs is 1. The molecule has 1 saturated heterocycles. The smallest absolute Gasteiger partial charge is 0.490 e. The van der Waals surface area contributed by atoms with E-state index in [0.717, 1.165) is 25.3 Å². The average molecular weight is 531 g/mol. The summed E-state index contributed by atoms with van der Waals surface area (Å²) in [6.45, 7) is 6.55. The number of alkyl halides is 3. The summed E-state index contributed by atoms with van der Waals surface area (Å²) in [7, 11) is -1.93. The van der Waals surface area contributed by atoms with Crippen LogP contribution < -0.4 is 9.47 Å². The molecule has 1 spiro atoms. The Labute approximate surface area is 208 Å². The Morgan fingerprint density at radius 3 is 2.31 bits per heavy atom. The maximum Gasteiger partial charge on any atom is 0.490 e. The lowest BCUT2D eigenvalue weighted by Gasteiger charge is -2.33. The third-order valence-corrected chi connectivity index (χ3v) is 8.05. The topological polar surface area (TPSA) is 96.4 Å². The minimum absolute atomic E-state index is 0.137. The Morgan fingerprint density at radius 1 is 1.14 bits per heavy atom. The van der Waals surface area contributed by atoms with Crippen LogP contribution in [0.25, 0.3) is 0 Å². The molecule has 0 amide bonds. The van der Waals surface area contributed by atoms with Crippen LogP contribution >= 0.6 is 0 Å². The summed E-state index contributed by atoms with van der Waals surface area (Å²) in [6, 6.07) is 14.9. The van der Waals surface area contributed by atoms with Crippen molar-refractivity contribution in [2.24, 2.45) is 0 Å². The van der Waals surface area contributed by atoms with E-state index in [9.17, 15) is 21.6 Å². The van der Waals surface area contributed by atoms with Crippen LogP contribution in [0.15, 0.2) is 53.4 Å². The molecule has 1 fully saturated rings. The third kappa shape index (κ3) is 6.29. The third-order valence-electron chi connectivity index (χ3n) is 5.99. The molecule has 1 unspecified atom stereocenters. The lowest BCUT2D eigenvalue weighted by molar-refractivity contribution is -0.192. The van der Waals surface area contributed by atoms with E-state index in [1.54, 1.807) is 29.6 Å². The van der Waals surface area contributed by atoms with Gasteiger partial charge in [0.1, 0.15) is 22.0 Å². The van der Waals surface area contributed by atoms with Crippen LogP contribution in [0.1, 0.15) is 25.8 Å². The fourth-order valence-corrected chi connectivity index (χ4v) is 6.06.